The lowest BCUT2D eigenvalue weighted by Crippen LogP contribution is -2.39. The van der Waals surface area contributed by atoms with E-state index >= 15 is 0 Å². The topological polar surface area (TPSA) is 71.2 Å². The summed E-state index contributed by atoms with van der Waals surface area (Å²) in [6.45, 7) is 1.58. The maximum atomic E-state index is 12.0. The smallest absolute Gasteiger partial charge is 0.328 e. The monoisotopic (exact) mass is 246 g/mol. The van der Waals surface area contributed by atoms with Crippen molar-refractivity contribution in [3.8, 4) is 0 Å². The van der Waals surface area contributed by atoms with Gasteiger partial charge < -0.3 is 15.0 Å². The fourth-order valence-electron chi connectivity index (χ4n) is 1.77. The molecule has 1 atom stereocenters. The minimum Gasteiger partial charge on any atom is -0.467 e. The van der Waals surface area contributed by atoms with E-state index in [4.69, 9.17) is 0 Å². The number of benzene rings is 1. The first kappa shape index (κ1) is 12.2. The molecule has 0 saturated heterocycles. The van der Waals surface area contributed by atoms with Gasteiger partial charge in [0.1, 0.15) is 6.04 Å². The number of nitrogens with one attached hydrogen (secondary N) is 2. The van der Waals surface area contributed by atoms with E-state index < -0.39 is 12.0 Å². The molecule has 1 aromatic heterocycles. The molecule has 2 N–H and O–H groups in total. The highest BCUT2D eigenvalue weighted by molar-refractivity contribution is 6.07. The first-order chi connectivity index (χ1) is 8.63. The Hall–Kier alpha value is -2.30. The molecule has 0 fully saturated rings. The molecule has 0 spiro atoms. The minimum atomic E-state index is -0.670. The summed E-state index contributed by atoms with van der Waals surface area (Å²) in [5.41, 5.74) is 1.40. The molecule has 18 heavy (non-hydrogen) atoms. The summed E-state index contributed by atoms with van der Waals surface area (Å²) in [6.07, 6.45) is 1.63. The number of esters is 1. The number of para-hydroxylation sites is 1. The van der Waals surface area contributed by atoms with Gasteiger partial charge in [-0.05, 0) is 13.0 Å². The Balaban J connectivity index is 2.21. The molecule has 2 rings (SSSR count). The Labute approximate surface area is 104 Å². The van der Waals surface area contributed by atoms with Crippen LogP contribution in [-0.4, -0.2) is 30.0 Å². The van der Waals surface area contributed by atoms with Crippen molar-refractivity contribution in [3.05, 3.63) is 36.0 Å². The van der Waals surface area contributed by atoms with Crippen LogP contribution in [-0.2, 0) is 9.53 Å². The van der Waals surface area contributed by atoms with Gasteiger partial charge in [-0.3, -0.25) is 4.79 Å². The number of aromatic nitrogens is 1. The predicted molar refractivity (Wildman–Crippen MR) is 67.2 cm³/mol. The van der Waals surface area contributed by atoms with Crippen molar-refractivity contribution in [3.63, 3.8) is 0 Å². The lowest BCUT2D eigenvalue weighted by Gasteiger charge is -2.10. The van der Waals surface area contributed by atoms with Gasteiger partial charge in [0, 0.05) is 17.1 Å². The van der Waals surface area contributed by atoms with Crippen LogP contribution in [0.25, 0.3) is 10.9 Å². The summed E-state index contributed by atoms with van der Waals surface area (Å²) in [4.78, 5) is 26.3. The van der Waals surface area contributed by atoms with Crippen LogP contribution in [0.5, 0.6) is 0 Å². The van der Waals surface area contributed by atoms with E-state index in [1.54, 1.807) is 13.1 Å². The Bertz CT molecular complexity index is 589. The molecule has 0 bridgehead atoms. The molecule has 0 aliphatic rings. The number of amides is 1. The second-order valence-electron chi connectivity index (χ2n) is 3.97. The van der Waals surface area contributed by atoms with E-state index in [9.17, 15) is 9.59 Å². The molecule has 0 unspecified atom stereocenters. The number of fused-ring (bicyclic) bond motifs is 1. The molecule has 94 valence electrons. The first-order valence-corrected chi connectivity index (χ1v) is 5.58. The SMILES string of the molecule is COC(=O)[C@@H](C)NC(=O)c1c[nH]c2ccccc12. The largest absolute Gasteiger partial charge is 0.467 e. The molecule has 0 aliphatic heterocycles. The zero-order valence-electron chi connectivity index (χ0n) is 10.2. The number of carbonyl (C=O) groups is 2. The minimum absolute atomic E-state index is 0.301. The molecular formula is C13H14N2O3. The Morgan fingerprint density at radius 3 is 2.78 bits per heavy atom. The van der Waals surface area contributed by atoms with Crippen LogP contribution < -0.4 is 5.32 Å². The third-order valence-corrected chi connectivity index (χ3v) is 2.74. The van der Waals surface area contributed by atoms with Gasteiger partial charge in [-0.25, -0.2) is 4.79 Å². The first-order valence-electron chi connectivity index (χ1n) is 5.58. The Morgan fingerprint density at radius 1 is 1.33 bits per heavy atom. The summed E-state index contributed by atoms with van der Waals surface area (Å²) in [6, 6.07) is 6.81. The normalized spacial score (nSPS) is 12.1. The molecule has 0 radical (unpaired) electrons. The highest BCUT2D eigenvalue weighted by Gasteiger charge is 2.18. The number of carbonyl (C=O) groups excluding carboxylic acids is 2. The van der Waals surface area contributed by atoms with E-state index in [1.807, 2.05) is 24.3 Å². The summed E-state index contributed by atoms with van der Waals surface area (Å²) in [7, 11) is 1.29. The lowest BCUT2D eigenvalue weighted by atomic mass is 10.1. The number of aromatic amines is 1. The number of ether oxygens (including phenoxy) is 1. The van der Waals surface area contributed by atoms with Gasteiger partial charge in [-0.15, -0.1) is 0 Å². The number of rotatable bonds is 3. The molecule has 0 saturated carbocycles. The molecular weight excluding hydrogens is 232 g/mol. The number of methoxy groups -OCH3 is 1. The summed E-state index contributed by atoms with van der Waals surface area (Å²) < 4.78 is 4.56. The van der Waals surface area contributed by atoms with Crippen molar-refractivity contribution >= 4 is 22.8 Å². The molecule has 1 aromatic carbocycles. The van der Waals surface area contributed by atoms with Crippen LogP contribution in [0.15, 0.2) is 30.5 Å². The Morgan fingerprint density at radius 2 is 2.06 bits per heavy atom. The molecule has 2 aromatic rings. The van der Waals surface area contributed by atoms with Crippen LogP contribution in [0.1, 0.15) is 17.3 Å². The average molecular weight is 246 g/mol. The molecule has 5 nitrogen and oxygen atoms in total. The quantitative estimate of drug-likeness (QED) is 0.805. The average Bonchev–Trinajstić information content (AvgIpc) is 2.81. The maximum absolute atomic E-state index is 12.0. The third kappa shape index (κ3) is 2.20. The van der Waals surface area contributed by atoms with Gasteiger partial charge >= 0.3 is 5.97 Å². The number of H-pyrrole nitrogens is 1. The van der Waals surface area contributed by atoms with Crippen molar-refractivity contribution in [1.82, 2.24) is 10.3 Å². The van der Waals surface area contributed by atoms with E-state index in [0.29, 0.717) is 5.56 Å². The van der Waals surface area contributed by atoms with Gasteiger partial charge in [0.25, 0.3) is 5.91 Å². The number of hydrogen-bond acceptors (Lipinski definition) is 3. The van der Waals surface area contributed by atoms with Crippen molar-refractivity contribution < 1.29 is 14.3 Å². The second kappa shape index (κ2) is 4.91. The zero-order valence-corrected chi connectivity index (χ0v) is 10.2. The second-order valence-corrected chi connectivity index (χ2v) is 3.97. The van der Waals surface area contributed by atoms with Gasteiger partial charge in [0.2, 0.25) is 0 Å². The van der Waals surface area contributed by atoms with Crippen LogP contribution >= 0.6 is 0 Å². The van der Waals surface area contributed by atoms with Crippen molar-refractivity contribution in [2.45, 2.75) is 13.0 Å². The maximum Gasteiger partial charge on any atom is 0.328 e. The third-order valence-electron chi connectivity index (χ3n) is 2.74. The van der Waals surface area contributed by atoms with Gasteiger partial charge in [-0.2, -0.15) is 0 Å². The Kier molecular flexibility index (Phi) is 3.32. The predicted octanol–water partition coefficient (Wildman–Crippen LogP) is 1.46. The fourth-order valence-corrected chi connectivity index (χ4v) is 1.77. The van der Waals surface area contributed by atoms with Gasteiger partial charge in [0.15, 0.2) is 0 Å². The molecule has 0 aliphatic carbocycles. The van der Waals surface area contributed by atoms with E-state index in [2.05, 4.69) is 15.0 Å². The van der Waals surface area contributed by atoms with Gasteiger partial charge in [-0.1, -0.05) is 18.2 Å². The van der Waals surface area contributed by atoms with Crippen LogP contribution in [0.4, 0.5) is 0 Å². The van der Waals surface area contributed by atoms with E-state index in [-0.39, 0.29) is 5.91 Å². The van der Waals surface area contributed by atoms with Gasteiger partial charge in [0.05, 0.1) is 12.7 Å². The zero-order chi connectivity index (χ0) is 13.1. The van der Waals surface area contributed by atoms with E-state index in [0.717, 1.165) is 10.9 Å². The lowest BCUT2D eigenvalue weighted by molar-refractivity contribution is -0.142. The molecule has 5 heteroatoms. The summed E-state index contributed by atoms with van der Waals surface area (Å²) >= 11 is 0. The van der Waals surface area contributed by atoms with E-state index in [1.165, 1.54) is 7.11 Å². The molecule has 1 amide bonds. The standard InChI is InChI=1S/C13H14N2O3/c1-8(13(17)18-2)15-12(16)10-7-14-11-6-4-3-5-9(10)11/h3-8,14H,1-2H3,(H,15,16)/t8-/m1/s1. The summed E-state index contributed by atoms with van der Waals surface area (Å²) in [5, 5.41) is 3.42. The summed E-state index contributed by atoms with van der Waals surface area (Å²) in [5.74, 6) is -0.770. The fraction of sp³-hybridized carbons (Fsp3) is 0.231. The number of hydrogen-bond donors (Lipinski definition) is 2. The highest BCUT2D eigenvalue weighted by Crippen LogP contribution is 2.17. The van der Waals surface area contributed by atoms with Crippen LogP contribution in [0.3, 0.4) is 0 Å². The van der Waals surface area contributed by atoms with Crippen molar-refractivity contribution in [1.29, 1.82) is 0 Å². The van der Waals surface area contributed by atoms with Crippen LogP contribution in [0, 0.1) is 0 Å². The highest BCUT2D eigenvalue weighted by atomic mass is 16.5. The molecule has 1 heterocycles. The van der Waals surface area contributed by atoms with Crippen molar-refractivity contribution in [2.24, 2.45) is 0 Å². The van der Waals surface area contributed by atoms with Crippen LogP contribution in [0.2, 0.25) is 0 Å². The van der Waals surface area contributed by atoms with Crippen molar-refractivity contribution in [2.75, 3.05) is 7.11 Å².